The molecule has 5 unspecified atom stereocenters. The molecule has 11 nitrogen and oxygen atoms in total. The van der Waals surface area contributed by atoms with E-state index in [1.165, 1.54) is 89.5 Å². The van der Waals surface area contributed by atoms with Crippen molar-refractivity contribution in [3.63, 3.8) is 0 Å². The quantitative estimate of drug-likeness (QED) is 0.0154. The number of rotatable bonds is 41. The minimum atomic E-state index is -4.37. The van der Waals surface area contributed by atoms with Gasteiger partial charge in [-0.1, -0.05) is 178 Å². The van der Waals surface area contributed by atoms with Gasteiger partial charge in [0.25, 0.3) is 0 Å². The molecule has 0 bridgehead atoms. The van der Waals surface area contributed by atoms with Gasteiger partial charge in [-0.3, -0.25) is 13.8 Å². The molecule has 0 aliphatic heterocycles. The molecule has 0 aliphatic rings. The number of nitrogens with zero attached hydrogens (tertiary/aromatic N) is 1. The summed E-state index contributed by atoms with van der Waals surface area (Å²) in [6.45, 7) is 5.04. The Bertz CT molecular complexity index is 1120. The minimum Gasteiger partial charge on any atom is -0.457 e. The van der Waals surface area contributed by atoms with Gasteiger partial charge >= 0.3 is 13.8 Å². The van der Waals surface area contributed by atoms with Crippen molar-refractivity contribution < 1.29 is 52.6 Å². The van der Waals surface area contributed by atoms with E-state index >= 15 is 0 Å². The molecule has 5 atom stereocenters. The van der Waals surface area contributed by atoms with E-state index < -0.39 is 38.2 Å². The van der Waals surface area contributed by atoms with Gasteiger partial charge in [-0.15, -0.1) is 0 Å². The maximum atomic E-state index is 12.7. The van der Waals surface area contributed by atoms with Crippen LogP contribution < -0.4 is 0 Å². The molecule has 0 amide bonds. The summed E-state index contributed by atoms with van der Waals surface area (Å²) in [5.74, 6) is -0.562. The molecule has 340 valence electrons. The first-order valence-corrected chi connectivity index (χ1v) is 24.2. The normalized spacial score (nSPS) is 15.8. The number of quaternary nitrogens is 1. The largest absolute Gasteiger partial charge is 0.472 e. The number of hydrogen-bond donors (Lipinski definition) is 4. The highest BCUT2D eigenvalue weighted by Gasteiger charge is 2.26. The standard InChI is InChI=1S/C46H86NO10P/c1-6-8-10-11-12-13-14-15-16-17-18-19-20-23-26-30-38-54-40-43(41-56-58(52,53)55-39-37-47(3,4)5)57-46(51)36-31-35-45(50)44(49)34-29-25-22-21-24-28-33-42(48)32-27-9-7-2/h21-22,24-25,28-29,33-34,42-45,48-50H,6-20,23,26-27,30-32,35-41H2,1-5H3/p+1/b24-21+,25-22-,33-28-,34-29-. The molecule has 0 radical (unpaired) electrons. The summed E-state index contributed by atoms with van der Waals surface area (Å²) >= 11 is 0. The van der Waals surface area contributed by atoms with Crippen LogP contribution in [0.4, 0.5) is 0 Å². The smallest absolute Gasteiger partial charge is 0.457 e. The molecule has 0 spiro atoms. The summed E-state index contributed by atoms with van der Waals surface area (Å²) in [6, 6.07) is 0. The fourth-order valence-corrected chi connectivity index (χ4v) is 6.80. The van der Waals surface area contributed by atoms with Crippen molar-refractivity contribution in [1.82, 2.24) is 0 Å². The van der Waals surface area contributed by atoms with Gasteiger partial charge in [0.15, 0.2) is 0 Å². The number of phosphoric ester groups is 1. The number of hydrogen-bond acceptors (Lipinski definition) is 9. The maximum absolute atomic E-state index is 12.7. The predicted molar refractivity (Wildman–Crippen MR) is 237 cm³/mol. The minimum absolute atomic E-state index is 0.00941. The van der Waals surface area contributed by atoms with Crippen molar-refractivity contribution in [3.05, 3.63) is 48.6 Å². The van der Waals surface area contributed by atoms with Crippen molar-refractivity contribution in [1.29, 1.82) is 0 Å². The van der Waals surface area contributed by atoms with E-state index in [9.17, 15) is 29.6 Å². The number of allylic oxidation sites excluding steroid dienone is 6. The third kappa shape index (κ3) is 39.8. The number of likely N-dealkylation sites (N-methyl/N-ethyl adjacent to an activating group) is 1. The average molecular weight is 845 g/mol. The number of aliphatic hydroxyl groups excluding tert-OH is 3. The molecule has 0 saturated heterocycles. The zero-order valence-corrected chi connectivity index (χ0v) is 38.3. The van der Waals surface area contributed by atoms with Crippen molar-refractivity contribution in [3.8, 4) is 0 Å². The molecule has 0 saturated carbocycles. The summed E-state index contributed by atoms with van der Waals surface area (Å²) in [4.78, 5) is 22.9. The first-order valence-electron chi connectivity index (χ1n) is 22.7. The molecule has 4 N–H and O–H groups in total. The lowest BCUT2D eigenvalue weighted by Crippen LogP contribution is -2.37. The monoisotopic (exact) mass is 845 g/mol. The SMILES string of the molecule is CCCCCCCCCCCCCCCCCCOCC(COP(=O)(O)OCC[N+](C)(C)C)OC(=O)CCCC(O)C(O)\C=C/C=C\C=C\C=C/C(O)CCCCC. The summed E-state index contributed by atoms with van der Waals surface area (Å²) < 4.78 is 34.7. The molecule has 0 aromatic heterocycles. The van der Waals surface area contributed by atoms with Crippen LogP contribution in [0.3, 0.4) is 0 Å². The van der Waals surface area contributed by atoms with E-state index in [0.717, 1.165) is 44.9 Å². The van der Waals surface area contributed by atoms with E-state index in [4.69, 9.17) is 18.5 Å². The first-order chi connectivity index (χ1) is 27.8. The number of ether oxygens (including phenoxy) is 2. The Labute approximate surface area is 354 Å². The maximum Gasteiger partial charge on any atom is 0.472 e. The van der Waals surface area contributed by atoms with Gasteiger partial charge in [0.2, 0.25) is 0 Å². The Hall–Kier alpha value is -1.66. The molecule has 12 heteroatoms. The lowest BCUT2D eigenvalue weighted by Gasteiger charge is -2.24. The summed E-state index contributed by atoms with van der Waals surface area (Å²) in [5, 5.41) is 30.6. The van der Waals surface area contributed by atoms with E-state index in [2.05, 4.69) is 13.8 Å². The highest BCUT2D eigenvalue weighted by Crippen LogP contribution is 2.43. The first kappa shape index (κ1) is 56.3. The average Bonchev–Trinajstić information content (AvgIpc) is 3.16. The van der Waals surface area contributed by atoms with Crippen molar-refractivity contribution in [2.24, 2.45) is 0 Å². The Morgan fingerprint density at radius 3 is 1.66 bits per heavy atom. The van der Waals surface area contributed by atoms with Crippen molar-refractivity contribution >= 4 is 13.8 Å². The van der Waals surface area contributed by atoms with Crippen LogP contribution in [0, 0.1) is 0 Å². The number of unbranched alkanes of at least 4 members (excludes halogenated alkanes) is 17. The van der Waals surface area contributed by atoms with Crippen LogP contribution in [0.25, 0.3) is 0 Å². The van der Waals surface area contributed by atoms with Gasteiger partial charge in [-0.2, -0.15) is 0 Å². The molecular weight excluding hydrogens is 757 g/mol. The number of carbonyl (C=O) groups is 1. The van der Waals surface area contributed by atoms with E-state index in [1.807, 2.05) is 27.2 Å². The third-order valence-corrected chi connectivity index (χ3v) is 10.7. The summed E-state index contributed by atoms with van der Waals surface area (Å²) in [5.41, 5.74) is 0. The molecule has 58 heavy (non-hydrogen) atoms. The van der Waals surface area contributed by atoms with Crippen LogP contribution in [0.1, 0.15) is 162 Å². The Morgan fingerprint density at radius 1 is 0.603 bits per heavy atom. The molecule has 0 fully saturated rings. The lowest BCUT2D eigenvalue weighted by atomic mass is 10.0. The number of carbonyl (C=O) groups excluding carboxylic acids is 1. The van der Waals surface area contributed by atoms with Crippen LogP contribution in [0.15, 0.2) is 48.6 Å². The van der Waals surface area contributed by atoms with Crippen LogP contribution in [0.2, 0.25) is 0 Å². The highest BCUT2D eigenvalue weighted by atomic mass is 31.2. The second-order valence-corrected chi connectivity index (χ2v) is 18.1. The van der Waals surface area contributed by atoms with E-state index in [0.29, 0.717) is 17.6 Å². The van der Waals surface area contributed by atoms with Gasteiger partial charge in [-0.05, 0) is 25.7 Å². The third-order valence-electron chi connectivity index (χ3n) is 9.76. The number of esters is 1. The van der Waals surface area contributed by atoms with Crippen LogP contribution in [-0.2, 0) is 27.9 Å². The molecule has 0 aromatic rings. The van der Waals surface area contributed by atoms with Gasteiger partial charge in [0.05, 0.1) is 52.7 Å². The second-order valence-electron chi connectivity index (χ2n) is 16.7. The van der Waals surface area contributed by atoms with Crippen molar-refractivity contribution in [2.75, 3.05) is 54.1 Å². The topological polar surface area (TPSA) is 152 Å². The van der Waals surface area contributed by atoms with E-state index in [-0.39, 0.29) is 39.1 Å². The zero-order chi connectivity index (χ0) is 43.2. The predicted octanol–water partition coefficient (Wildman–Crippen LogP) is 10.1. The number of phosphoric acid groups is 1. The van der Waals surface area contributed by atoms with Crippen LogP contribution in [0.5, 0.6) is 0 Å². The molecule has 0 aliphatic carbocycles. The summed E-state index contributed by atoms with van der Waals surface area (Å²) in [6.07, 6.45) is 35.1. The lowest BCUT2D eigenvalue weighted by molar-refractivity contribution is -0.870. The molecule has 0 rings (SSSR count). The van der Waals surface area contributed by atoms with Gasteiger partial charge in [0, 0.05) is 13.0 Å². The Kier molecular flexibility index (Phi) is 37.2. The fourth-order valence-electron chi connectivity index (χ4n) is 6.05. The van der Waals surface area contributed by atoms with Gasteiger partial charge in [0.1, 0.15) is 19.3 Å². The fraction of sp³-hybridized carbons (Fsp3) is 0.804. The molecule has 0 heterocycles. The van der Waals surface area contributed by atoms with Gasteiger partial charge < -0.3 is 34.2 Å². The number of aliphatic hydroxyl groups is 3. The van der Waals surface area contributed by atoms with E-state index in [1.54, 1.807) is 36.5 Å². The molecule has 0 aromatic carbocycles. The second kappa shape index (κ2) is 38.3. The van der Waals surface area contributed by atoms with Crippen LogP contribution >= 0.6 is 7.82 Å². The van der Waals surface area contributed by atoms with Crippen molar-refractivity contribution in [2.45, 2.75) is 186 Å². The highest BCUT2D eigenvalue weighted by molar-refractivity contribution is 7.47. The Balaban J connectivity index is 4.56. The zero-order valence-electron chi connectivity index (χ0n) is 37.4. The summed E-state index contributed by atoms with van der Waals surface area (Å²) in [7, 11) is 1.45. The Morgan fingerprint density at radius 2 is 1.10 bits per heavy atom. The van der Waals surface area contributed by atoms with Gasteiger partial charge in [-0.25, -0.2) is 4.57 Å². The van der Waals surface area contributed by atoms with Crippen LogP contribution in [-0.4, -0.2) is 109 Å². The molecular formula is C46H87NO10P+.